The molecule has 1 fully saturated rings. The maximum absolute atomic E-state index is 12.3. The monoisotopic (exact) mass is 345 g/mol. The Bertz CT molecular complexity index is 744. The molecule has 3 rings (SSSR count). The molecule has 2 aromatic rings. The Morgan fingerprint density at radius 1 is 1.42 bits per heavy atom. The second kappa shape index (κ2) is 7.44. The fourth-order valence-corrected chi connectivity index (χ4v) is 3.43. The molecule has 0 spiro atoms. The summed E-state index contributed by atoms with van der Waals surface area (Å²) < 4.78 is 5.50. The molecule has 6 nitrogen and oxygen atoms in total. The van der Waals surface area contributed by atoms with Crippen molar-refractivity contribution in [3.05, 3.63) is 35.3 Å². The van der Waals surface area contributed by atoms with Crippen LogP contribution in [0.2, 0.25) is 0 Å². The Hall–Kier alpha value is -2.41. The topological polar surface area (TPSA) is 71.5 Å². The van der Waals surface area contributed by atoms with Crippen molar-refractivity contribution in [2.24, 2.45) is 0 Å². The van der Waals surface area contributed by atoms with Gasteiger partial charge in [0.25, 0.3) is 0 Å². The second-order valence-corrected chi connectivity index (χ2v) is 6.26. The number of aromatic nitrogens is 1. The summed E-state index contributed by atoms with van der Waals surface area (Å²) in [5, 5.41) is 5.36. The summed E-state index contributed by atoms with van der Waals surface area (Å²) in [6.45, 7) is 3.14. The van der Waals surface area contributed by atoms with E-state index in [9.17, 15) is 9.59 Å². The van der Waals surface area contributed by atoms with Gasteiger partial charge in [-0.2, -0.15) is 0 Å². The number of amides is 2. The number of nitrogens with one attached hydrogen (secondary N) is 1. The predicted octanol–water partition coefficient (Wildman–Crippen LogP) is 2.85. The number of carbonyl (C=O) groups excluding carboxylic acids is 2. The van der Waals surface area contributed by atoms with Crippen molar-refractivity contribution in [2.45, 2.75) is 26.2 Å². The fraction of sp³-hybridized carbons (Fsp3) is 0.353. The molecule has 1 aliphatic heterocycles. The van der Waals surface area contributed by atoms with Crippen LogP contribution in [0.4, 0.5) is 10.8 Å². The molecule has 1 N–H and O–H groups in total. The van der Waals surface area contributed by atoms with Gasteiger partial charge in [-0.3, -0.25) is 14.5 Å². The Labute approximate surface area is 144 Å². The molecule has 126 valence electrons. The molecule has 7 heteroatoms. The highest BCUT2D eigenvalue weighted by Crippen LogP contribution is 2.26. The minimum absolute atomic E-state index is 0.103. The third-order valence-corrected chi connectivity index (χ3v) is 4.56. The summed E-state index contributed by atoms with van der Waals surface area (Å²) in [6, 6.07) is 7.33. The SMILES string of the molecule is CCOc1ccccc1NC(=O)Cc1csc(N2CCCC2=O)n1. The quantitative estimate of drug-likeness (QED) is 0.874. The largest absolute Gasteiger partial charge is 0.492 e. The van der Waals surface area contributed by atoms with Crippen LogP contribution >= 0.6 is 11.3 Å². The van der Waals surface area contributed by atoms with E-state index < -0.39 is 0 Å². The number of thiazole rings is 1. The van der Waals surface area contributed by atoms with Crippen LogP contribution in [0.25, 0.3) is 0 Å². The van der Waals surface area contributed by atoms with Gasteiger partial charge in [-0.15, -0.1) is 11.3 Å². The van der Waals surface area contributed by atoms with E-state index in [1.54, 1.807) is 11.0 Å². The molecule has 0 unspecified atom stereocenters. The lowest BCUT2D eigenvalue weighted by Gasteiger charge is -2.11. The smallest absolute Gasteiger partial charge is 0.230 e. The fourth-order valence-electron chi connectivity index (χ4n) is 2.56. The van der Waals surface area contributed by atoms with E-state index >= 15 is 0 Å². The number of anilines is 2. The van der Waals surface area contributed by atoms with Crippen molar-refractivity contribution in [1.29, 1.82) is 0 Å². The van der Waals surface area contributed by atoms with Gasteiger partial charge in [-0.25, -0.2) is 4.98 Å². The van der Waals surface area contributed by atoms with Crippen LogP contribution in [0.3, 0.4) is 0 Å². The first kappa shape index (κ1) is 16.4. The van der Waals surface area contributed by atoms with Crippen LogP contribution in [-0.2, 0) is 16.0 Å². The molecule has 0 atom stereocenters. The van der Waals surface area contributed by atoms with Gasteiger partial charge < -0.3 is 10.1 Å². The molecule has 1 aromatic heterocycles. The molecule has 2 heterocycles. The number of benzene rings is 1. The van der Waals surface area contributed by atoms with Crippen molar-refractivity contribution in [1.82, 2.24) is 4.98 Å². The van der Waals surface area contributed by atoms with Gasteiger partial charge in [-0.1, -0.05) is 12.1 Å². The van der Waals surface area contributed by atoms with Crippen LogP contribution in [0.5, 0.6) is 5.75 Å². The van der Waals surface area contributed by atoms with E-state index in [0.29, 0.717) is 41.8 Å². The number of nitrogens with zero attached hydrogens (tertiary/aromatic N) is 2. The van der Waals surface area contributed by atoms with E-state index in [-0.39, 0.29) is 18.2 Å². The summed E-state index contributed by atoms with van der Waals surface area (Å²) in [4.78, 5) is 30.1. The lowest BCUT2D eigenvalue weighted by Crippen LogP contribution is -2.23. The van der Waals surface area contributed by atoms with Crippen molar-refractivity contribution >= 4 is 34.0 Å². The molecule has 0 bridgehead atoms. The first-order valence-corrected chi connectivity index (χ1v) is 8.81. The summed E-state index contributed by atoms with van der Waals surface area (Å²) in [7, 11) is 0. The molecule has 0 aliphatic carbocycles. The Morgan fingerprint density at radius 2 is 2.25 bits per heavy atom. The van der Waals surface area contributed by atoms with Crippen molar-refractivity contribution in [2.75, 3.05) is 23.4 Å². The van der Waals surface area contributed by atoms with Crippen LogP contribution in [0, 0.1) is 0 Å². The van der Waals surface area contributed by atoms with Gasteiger partial charge in [0, 0.05) is 18.3 Å². The Kier molecular flexibility index (Phi) is 5.10. The number of rotatable bonds is 6. The van der Waals surface area contributed by atoms with Gasteiger partial charge in [-0.05, 0) is 25.5 Å². The zero-order chi connectivity index (χ0) is 16.9. The van der Waals surface area contributed by atoms with Crippen LogP contribution < -0.4 is 15.0 Å². The molecule has 2 amide bonds. The molecule has 0 radical (unpaired) electrons. The highest BCUT2D eigenvalue weighted by molar-refractivity contribution is 7.14. The van der Waals surface area contributed by atoms with Crippen molar-refractivity contribution in [3.63, 3.8) is 0 Å². The van der Waals surface area contributed by atoms with E-state index in [0.717, 1.165) is 6.42 Å². The van der Waals surface area contributed by atoms with E-state index in [2.05, 4.69) is 10.3 Å². The average Bonchev–Trinajstić information content (AvgIpc) is 3.18. The van der Waals surface area contributed by atoms with Gasteiger partial charge in [0.2, 0.25) is 11.8 Å². The number of para-hydroxylation sites is 2. The first-order valence-electron chi connectivity index (χ1n) is 7.94. The summed E-state index contributed by atoms with van der Waals surface area (Å²) in [5.74, 6) is 0.590. The van der Waals surface area contributed by atoms with Crippen LogP contribution in [0.15, 0.2) is 29.6 Å². The average molecular weight is 345 g/mol. The van der Waals surface area contributed by atoms with E-state index in [1.807, 2.05) is 30.5 Å². The first-order chi connectivity index (χ1) is 11.7. The maximum atomic E-state index is 12.3. The molecular formula is C17H19N3O3S. The summed E-state index contributed by atoms with van der Waals surface area (Å²) in [6.07, 6.45) is 1.60. The van der Waals surface area contributed by atoms with Crippen molar-refractivity contribution < 1.29 is 14.3 Å². The predicted molar refractivity (Wildman–Crippen MR) is 93.6 cm³/mol. The van der Waals surface area contributed by atoms with E-state index in [4.69, 9.17) is 4.74 Å². The maximum Gasteiger partial charge on any atom is 0.230 e. The molecular weight excluding hydrogens is 326 g/mol. The van der Waals surface area contributed by atoms with Gasteiger partial charge in [0.15, 0.2) is 5.13 Å². The summed E-state index contributed by atoms with van der Waals surface area (Å²) >= 11 is 1.40. The Balaban J connectivity index is 1.63. The lowest BCUT2D eigenvalue weighted by molar-refractivity contribution is -0.117. The highest BCUT2D eigenvalue weighted by atomic mass is 32.1. The van der Waals surface area contributed by atoms with Gasteiger partial charge in [0.05, 0.1) is 24.4 Å². The second-order valence-electron chi connectivity index (χ2n) is 5.42. The number of hydrogen-bond donors (Lipinski definition) is 1. The molecule has 0 saturated carbocycles. The standard InChI is InChI=1S/C17H19N3O3S/c1-2-23-14-7-4-3-6-13(14)19-15(21)10-12-11-24-17(18-12)20-9-5-8-16(20)22/h3-4,6-7,11H,2,5,8-10H2,1H3,(H,19,21). The molecule has 24 heavy (non-hydrogen) atoms. The highest BCUT2D eigenvalue weighted by Gasteiger charge is 2.24. The summed E-state index contributed by atoms with van der Waals surface area (Å²) in [5.41, 5.74) is 1.32. The molecule has 1 aliphatic rings. The molecule has 1 aromatic carbocycles. The third-order valence-electron chi connectivity index (χ3n) is 3.65. The lowest BCUT2D eigenvalue weighted by atomic mass is 10.2. The van der Waals surface area contributed by atoms with Crippen LogP contribution in [-0.4, -0.2) is 29.9 Å². The van der Waals surface area contributed by atoms with Gasteiger partial charge >= 0.3 is 0 Å². The number of ether oxygens (including phenoxy) is 1. The zero-order valence-corrected chi connectivity index (χ0v) is 14.3. The minimum Gasteiger partial charge on any atom is -0.492 e. The van der Waals surface area contributed by atoms with E-state index in [1.165, 1.54) is 11.3 Å². The third kappa shape index (κ3) is 3.73. The minimum atomic E-state index is -0.160. The normalized spacial score (nSPS) is 14.0. The number of carbonyl (C=O) groups is 2. The van der Waals surface area contributed by atoms with Crippen LogP contribution in [0.1, 0.15) is 25.5 Å². The van der Waals surface area contributed by atoms with Gasteiger partial charge in [0.1, 0.15) is 5.75 Å². The zero-order valence-electron chi connectivity index (χ0n) is 13.4. The molecule has 1 saturated heterocycles. The Morgan fingerprint density at radius 3 is 3.00 bits per heavy atom. The number of hydrogen-bond acceptors (Lipinski definition) is 5. The van der Waals surface area contributed by atoms with Crippen molar-refractivity contribution in [3.8, 4) is 5.75 Å².